The number of rotatable bonds is 3. The van der Waals surface area contributed by atoms with E-state index in [-0.39, 0.29) is 21.3 Å². The van der Waals surface area contributed by atoms with E-state index in [1.807, 2.05) is 0 Å². The number of ether oxygens (including phenoxy) is 1. The minimum absolute atomic E-state index is 0.174. The van der Waals surface area contributed by atoms with Crippen molar-refractivity contribution < 1.29 is 23.0 Å². The van der Waals surface area contributed by atoms with E-state index in [1.54, 1.807) is 6.07 Å². The van der Waals surface area contributed by atoms with Gasteiger partial charge < -0.3 is 9.84 Å². The molecule has 0 amide bonds. The Labute approximate surface area is 128 Å². The van der Waals surface area contributed by atoms with Crippen LogP contribution >= 0.6 is 15.9 Å². The van der Waals surface area contributed by atoms with Crippen LogP contribution in [0, 0.1) is 0 Å². The molecule has 1 N–H and O–H groups in total. The van der Waals surface area contributed by atoms with Gasteiger partial charge in [0.05, 0.1) is 7.11 Å². The number of methoxy groups -OCH3 is 1. The van der Waals surface area contributed by atoms with Crippen molar-refractivity contribution in [1.29, 1.82) is 0 Å². The number of hydrogen-bond acceptors (Lipinski definition) is 2. The van der Waals surface area contributed by atoms with Crippen LogP contribution in [0.5, 0.6) is 5.75 Å². The van der Waals surface area contributed by atoms with Crippen LogP contribution in [0.4, 0.5) is 13.2 Å². The summed E-state index contributed by atoms with van der Waals surface area (Å²) in [6.45, 7) is 0. The molecule has 0 spiro atoms. The molecule has 0 radical (unpaired) electrons. The first-order valence-electron chi connectivity index (χ1n) is 5.99. The van der Waals surface area contributed by atoms with E-state index in [9.17, 15) is 18.3 Å². The van der Waals surface area contributed by atoms with Gasteiger partial charge in [-0.1, -0.05) is 46.3 Å². The van der Waals surface area contributed by atoms with Crippen molar-refractivity contribution in [2.24, 2.45) is 0 Å². The molecule has 0 aliphatic heterocycles. The second-order valence-electron chi connectivity index (χ2n) is 4.42. The summed E-state index contributed by atoms with van der Waals surface area (Å²) >= 11 is 3.07. The zero-order chi connectivity index (χ0) is 15.7. The molecule has 0 aliphatic rings. The summed E-state index contributed by atoms with van der Waals surface area (Å²) in [5.41, 5.74) is -3.70. The monoisotopic (exact) mass is 360 g/mol. The SMILES string of the molecule is COc1cccc(C(O)(c2ccccc2Br)C(F)(F)F)c1. The molecule has 0 saturated heterocycles. The second-order valence-corrected chi connectivity index (χ2v) is 5.27. The lowest BCUT2D eigenvalue weighted by molar-refractivity contribution is -0.248. The van der Waals surface area contributed by atoms with E-state index in [0.29, 0.717) is 0 Å². The first kappa shape index (κ1) is 15.9. The van der Waals surface area contributed by atoms with Gasteiger partial charge in [-0.25, -0.2) is 0 Å². The Kier molecular flexibility index (Phi) is 4.30. The van der Waals surface area contributed by atoms with Crippen molar-refractivity contribution in [3.8, 4) is 5.75 Å². The van der Waals surface area contributed by atoms with Gasteiger partial charge in [-0.3, -0.25) is 0 Å². The number of hydrogen-bond donors (Lipinski definition) is 1. The number of aliphatic hydroxyl groups is 1. The van der Waals surface area contributed by atoms with Crippen LogP contribution in [-0.4, -0.2) is 18.4 Å². The summed E-state index contributed by atoms with van der Waals surface area (Å²) < 4.78 is 45.9. The third-order valence-electron chi connectivity index (χ3n) is 3.16. The van der Waals surface area contributed by atoms with E-state index >= 15 is 0 Å². The molecule has 0 heterocycles. The fourth-order valence-corrected chi connectivity index (χ4v) is 2.65. The van der Waals surface area contributed by atoms with Crippen LogP contribution < -0.4 is 4.74 Å². The van der Waals surface area contributed by atoms with Crippen LogP contribution in [0.25, 0.3) is 0 Å². The molecule has 6 heteroatoms. The van der Waals surface area contributed by atoms with Crippen LogP contribution in [-0.2, 0) is 5.60 Å². The molecule has 0 saturated carbocycles. The molecule has 2 nitrogen and oxygen atoms in total. The van der Waals surface area contributed by atoms with E-state index in [0.717, 1.165) is 0 Å². The van der Waals surface area contributed by atoms with Crippen molar-refractivity contribution >= 4 is 15.9 Å². The normalized spacial score (nSPS) is 14.6. The minimum atomic E-state index is -4.89. The number of benzene rings is 2. The fraction of sp³-hybridized carbons (Fsp3) is 0.200. The van der Waals surface area contributed by atoms with Gasteiger partial charge in [0.15, 0.2) is 0 Å². The molecule has 112 valence electrons. The first-order chi connectivity index (χ1) is 9.80. The smallest absolute Gasteiger partial charge is 0.425 e. The van der Waals surface area contributed by atoms with Crippen LogP contribution in [0.1, 0.15) is 11.1 Å². The topological polar surface area (TPSA) is 29.5 Å². The Balaban J connectivity index is 2.71. The lowest BCUT2D eigenvalue weighted by Crippen LogP contribution is -2.43. The zero-order valence-electron chi connectivity index (χ0n) is 11.0. The molecule has 0 aromatic heterocycles. The summed E-state index contributed by atoms with van der Waals surface area (Å²) in [6, 6.07) is 11.0. The lowest BCUT2D eigenvalue weighted by Gasteiger charge is -2.32. The van der Waals surface area contributed by atoms with Gasteiger partial charge in [0.25, 0.3) is 0 Å². The molecule has 1 unspecified atom stereocenters. The standard InChI is InChI=1S/C15H12BrF3O2/c1-21-11-6-4-5-10(9-11)14(20,15(17,18)19)12-7-2-3-8-13(12)16/h2-9,20H,1H3. The van der Waals surface area contributed by atoms with Gasteiger partial charge in [0.1, 0.15) is 5.75 Å². The highest BCUT2D eigenvalue weighted by atomic mass is 79.9. The van der Waals surface area contributed by atoms with Crippen molar-refractivity contribution in [3.05, 3.63) is 64.1 Å². The van der Waals surface area contributed by atoms with Gasteiger partial charge in [-0.2, -0.15) is 13.2 Å². The highest BCUT2D eigenvalue weighted by molar-refractivity contribution is 9.10. The minimum Gasteiger partial charge on any atom is -0.497 e. The summed E-state index contributed by atoms with van der Waals surface area (Å²) in [4.78, 5) is 0. The third-order valence-corrected chi connectivity index (χ3v) is 3.85. The van der Waals surface area contributed by atoms with Crippen molar-refractivity contribution in [3.63, 3.8) is 0 Å². The summed E-state index contributed by atoms with van der Waals surface area (Å²) in [5, 5.41) is 10.5. The van der Waals surface area contributed by atoms with E-state index in [1.165, 1.54) is 49.6 Å². The maximum absolute atomic E-state index is 13.6. The van der Waals surface area contributed by atoms with E-state index in [2.05, 4.69) is 15.9 Å². The van der Waals surface area contributed by atoms with E-state index < -0.39 is 11.8 Å². The van der Waals surface area contributed by atoms with Crippen molar-refractivity contribution in [2.45, 2.75) is 11.8 Å². The molecule has 2 aromatic rings. The molecular formula is C15H12BrF3O2. The Morgan fingerprint density at radius 3 is 2.29 bits per heavy atom. The Morgan fingerprint density at radius 1 is 1.05 bits per heavy atom. The van der Waals surface area contributed by atoms with Crippen molar-refractivity contribution in [2.75, 3.05) is 7.11 Å². The average molecular weight is 361 g/mol. The largest absolute Gasteiger partial charge is 0.497 e. The highest BCUT2D eigenvalue weighted by Crippen LogP contribution is 2.46. The number of alkyl halides is 3. The van der Waals surface area contributed by atoms with Gasteiger partial charge in [-0.15, -0.1) is 0 Å². The predicted molar refractivity (Wildman–Crippen MR) is 76.2 cm³/mol. The molecule has 2 aromatic carbocycles. The summed E-state index contributed by atoms with van der Waals surface area (Å²) in [5.74, 6) is 0.238. The summed E-state index contributed by atoms with van der Waals surface area (Å²) in [7, 11) is 1.35. The summed E-state index contributed by atoms with van der Waals surface area (Å²) in [6.07, 6.45) is -4.89. The molecule has 0 fully saturated rings. The quantitative estimate of drug-likeness (QED) is 0.886. The maximum Gasteiger partial charge on any atom is 0.425 e. The molecule has 0 bridgehead atoms. The van der Waals surface area contributed by atoms with Crippen LogP contribution in [0.3, 0.4) is 0 Å². The fourth-order valence-electron chi connectivity index (χ4n) is 2.07. The van der Waals surface area contributed by atoms with E-state index in [4.69, 9.17) is 4.74 Å². The van der Waals surface area contributed by atoms with Gasteiger partial charge in [0.2, 0.25) is 5.60 Å². The van der Waals surface area contributed by atoms with Gasteiger partial charge in [-0.05, 0) is 18.2 Å². The predicted octanol–water partition coefficient (Wildman–Crippen LogP) is 4.26. The van der Waals surface area contributed by atoms with Gasteiger partial charge >= 0.3 is 6.18 Å². The molecule has 2 rings (SSSR count). The number of halogens is 4. The maximum atomic E-state index is 13.6. The second kappa shape index (κ2) is 5.69. The lowest BCUT2D eigenvalue weighted by atomic mass is 9.85. The molecule has 1 atom stereocenters. The Bertz CT molecular complexity index is 643. The Hall–Kier alpha value is -1.53. The zero-order valence-corrected chi connectivity index (χ0v) is 12.6. The first-order valence-corrected chi connectivity index (χ1v) is 6.78. The molecular weight excluding hydrogens is 349 g/mol. The third kappa shape index (κ3) is 2.78. The van der Waals surface area contributed by atoms with Crippen molar-refractivity contribution in [1.82, 2.24) is 0 Å². The molecule has 0 aliphatic carbocycles. The average Bonchev–Trinajstić information content (AvgIpc) is 2.46. The molecule has 21 heavy (non-hydrogen) atoms. The highest BCUT2D eigenvalue weighted by Gasteiger charge is 2.57. The van der Waals surface area contributed by atoms with Gasteiger partial charge in [0, 0.05) is 15.6 Å². The van der Waals surface area contributed by atoms with Crippen LogP contribution in [0.15, 0.2) is 53.0 Å². The van der Waals surface area contributed by atoms with Crippen LogP contribution in [0.2, 0.25) is 0 Å². The Morgan fingerprint density at radius 2 is 1.71 bits per heavy atom.